The lowest BCUT2D eigenvalue weighted by atomic mass is 10.0. The zero-order valence-corrected chi connectivity index (χ0v) is 11.0. The highest BCUT2D eigenvalue weighted by atomic mass is 19.2. The van der Waals surface area contributed by atoms with E-state index < -0.39 is 40.8 Å². The highest BCUT2D eigenvalue weighted by molar-refractivity contribution is 5.94. The molecule has 1 amide bonds. The molecule has 0 bridgehead atoms. The molecule has 0 radical (unpaired) electrons. The SMILES string of the molecule is CC(C)C(O)CCNC(=O)c1cc(F)c(F)c(F)c1F. The Labute approximate surface area is 113 Å². The number of halogens is 4. The number of aliphatic hydroxyl groups is 1. The summed E-state index contributed by atoms with van der Waals surface area (Å²) < 4.78 is 51.9. The van der Waals surface area contributed by atoms with Crippen LogP contribution in [0, 0.1) is 29.2 Å². The number of carbonyl (C=O) groups excluding carboxylic acids is 1. The van der Waals surface area contributed by atoms with E-state index in [1.165, 1.54) is 0 Å². The first kappa shape index (κ1) is 16.4. The summed E-state index contributed by atoms with van der Waals surface area (Å²) in [5.74, 6) is -8.48. The third kappa shape index (κ3) is 3.69. The highest BCUT2D eigenvalue weighted by Gasteiger charge is 2.23. The van der Waals surface area contributed by atoms with Crippen molar-refractivity contribution in [3.8, 4) is 0 Å². The molecule has 0 aliphatic heterocycles. The van der Waals surface area contributed by atoms with Crippen LogP contribution in [0.3, 0.4) is 0 Å². The van der Waals surface area contributed by atoms with Crippen LogP contribution in [0.25, 0.3) is 0 Å². The zero-order chi connectivity index (χ0) is 15.4. The van der Waals surface area contributed by atoms with Gasteiger partial charge in [-0.1, -0.05) is 13.8 Å². The molecule has 1 unspecified atom stereocenters. The van der Waals surface area contributed by atoms with Crippen LogP contribution in [0.4, 0.5) is 17.6 Å². The predicted molar refractivity (Wildman–Crippen MR) is 64.1 cm³/mol. The standard InChI is InChI=1S/C13H15F4NO2/c1-6(2)9(19)3-4-18-13(20)7-5-8(14)11(16)12(17)10(7)15/h5-6,9,19H,3-4H2,1-2H3,(H,18,20). The van der Waals surface area contributed by atoms with Gasteiger partial charge in [0.2, 0.25) is 0 Å². The molecule has 1 rings (SSSR count). The summed E-state index contributed by atoms with van der Waals surface area (Å²) in [5.41, 5.74) is -0.916. The van der Waals surface area contributed by atoms with Gasteiger partial charge in [0.05, 0.1) is 11.7 Å². The van der Waals surface area contributed by atoms with E-state index in [9.17, 15) is 27.5 Å². The van der Waals surface area contributed by atoms with Crippen LogP contribution in [-0.2, 0) is 0 Å². The Bertz CT molecular complexity index is 506. The van der Waals surface area contributed by atoms with Crippen LogP contribution in [0.2, 0.25) is 0 Å². The van der Waals surface area contributed by atoms with Crippen molar-refractivity contribution >= 4 is 5.91 Å². The first-order valence-corrected chi connectivity index (χ1v) is 6.05. The molecule has 1 atom stereocenters. The fourth-order valence-corrected chi connectivity index (χ4v) is 1.50. The average molecular weight is 293 g/mol. The number of carbonyl (C=O) groups is 1. The van der Waals surface area contributed by atoms with E-state index in [1.54, 1.807) is 13.8 Å². The lowest BCUT2D eigenvalue weighted by Crippen LogP contribution is -2.29. The minimum absolute atomic E-state index is 0.00175. The van der Waals surface area contributed by atoms with Crippen molar-refractivity contribution in [1.29, 1.82) is 0 Å². The summed E-state index contributed by atoms with van der Waals surface area (Å²) >= 11 is 0. The molecule has 3 nitrogen and oxygen atoms in total. The van der Waals surface area contributed by atoms with Gasteiger partial charge in [-0.3, -0.25) is 4.79 Å². The molecule has 112 valence electrons. The minimum atomic E-state index is -2.03. The smallest absolute Gasteiger partial charge is 0.254 e. The van der Waals surface area contributed by atoms with E-state index in [2.05, 4.69) is 5.32 Å². The van der Waals surface area contributed by atoms with Gasteiger partial charge in [-0.05, 0) is 18.4 Å². The van der Waals surface area contributed by atoms with Gasteiger partial charge in [-0.15, -0.1) is 0 Å². The van der Waals surface area contributed by atoms with Crippen molar-refractivity contribution in [3.63, 3.8) is 0 Å². The Morgan fingerprint density at radius 2 is 1.80 bits per heavy atom. The second-order valence-corrected chi connectivity index (χ2v) is 4.70. The number of hydrogen-bond acceptors (Lipinski definition) is 2. The molecule has 0 heterocycles. The Balaban J connectivity index is 2.74. The van der Waals surface area contributed by atoms with Gasteiger partial charge >= 0.3 is 0 Å². The fourth-order valence-electron chi connectivity index (χ4n) is 1.50. The fraction of sp³-hybridized carbons (Fsp3) is 0.462. The predicted octanol–water partition coefficient (Wildman–Crippen LogP) is 2.38. The molecule has 0 saturated heterocycles. The van der Waals surface area contributed by atoms with Crippen molar-refractivity contribution in [2.24, 2.45) is 5.92 Å². The average Bonchev–Trinajstić information content (AvgIpc) is 2.39. The molecule has 1 aromatic carbocycles. The number of nitrogens with one attached hydrogen (secondary N) is 1. The first-order valence-electron chi connectivity index (χ1n) is 6.05. The quantitative estimate of drug-likeness (QED) is 0.497. The zero-order valence-electron chi connectivity index (χ0n) is 11.0. The summed E-state index contributed by atoms with van der Waals surface area (Å²) in [6.45, 7) is 3.55. The molecular formula is C13H15F4NO2. The van der Waals surface area contributed by atoms with Gasteiger partial charge in [-0.25, -0.2) is 17.6 Å². The molecular weight excluding hydrogens is 278 g/mol. The van der Waals surface area contributed by atoms with E-state index in [0.29, 0.717) is 6.07 Å². The van der Waals surface area contributed by atoms with Crippen LogP contribution >= 0.6 is 0 Å². The van der Waals surface area contributed by atoms with Gasteiger partial charge in [0, 0.05) is 6.54 Å². The number of benzene rings is 1. The molecule has 1 aromatic rings. The molecule has 0 aromatic heterocycles. The Kier molecular flexibility index (Phi) is 5.50. The van der Waals surface area contributed by atoms with Crippen LogP contribution in [0.15, 0.2) is 6.07 Å². The second-order valence-electron chi connectivity index (χ2n) is 4.70. The number of amides is 1. The van der Waals surface area contributed by atoms with E-state index in [0.717, 1.165) is 0 Å². The van der Waals surface area contributed by atoms with Gasteiger partial charge in [-0.2, -0.15) is 0 Å². The van der Waals surface area contributed by atoms with Crippen LogP contribution < -0.4 is 5.32 Å². The molecule has 7 heteroatoms. The number of rotatable bonds is 5. The highest BCUT2D eigenvalue weighted by Crippen LogP contribution is 2.18. The lowest BCUT2D eigenvalue weighted by molar-refractivity contribution is 0.0914. The summed E-state index contributed by atoms with van der Waals surface area (Å²) in [7, 11) is 0. The minimum Gasteiger partial charge on any atom is -0.393 e. The Morgan fingerprint density at radius 1 is 1.20 bits per heavy atom. The van der Waals surface area contributed by atoms with Crippen molar-refractivity contribution in [3.05, 3.63) is 34.9 Å². The maximum absolute atomic E-state index is 13.3. The topological polar surface area (TPSA) is 49.3 Å². The summed E-state index contributed by atoms with van der Waals surface area (Å²) in [6.07, 6.45) is -0.459. The third-order valence-corrected chi connectivity index (χ3v) is 2.84. The molecule has 0 aliphatic rings. The van der Waals surface area contributed by atoms with Crippen LogP contribution in [0.1, 0.15) is 30.6 Å². The van der Waals surface area contributed by atoms with Crippen molar-refractivity contribution in [1.82, 2.24) is 5.32 Å². The first-order chi connectivity index (χ1) is 9.25. The maximum atomic E-state index is 13.3. The normalized spacial score (nSPS) is 12.6. The summed E-state index contributed by atoms with van der Waals surface area (Å²) in [5, 5.41) is 11.7. The van der Waals surface area contributed by atoms with E-state index >= 15 is 0 Å². The van der Waals surface area contributed by atoms with Gasteiger partial charge < -0.3 is 10.4 Å². The van der Waals surface area contributed by atoms with E-state index in [4.69, 9.17) is 0 Å². The Hall–Kier alpha value is -1.63. The third-order valence-electron chi connectivity index (χ3n) is 2.84. The molecule has 2 N–H and O–H groups in total. The van der Waals surface area contributed by atoms with E-state index in [-0.39, 0.29) is 18.9 Å². The van der Waals surface area contributed by atoms with Crippen molar-refractivity contribution in [2.45, 2.75) is 26.4 Å². The molecule has 0 spiro atoms. The van der Waals surface area contributed by atoms with Crippen LogP contribution in [0.5, 0.6) is 0 Å². The lowest BCUT2D eigenvalue weighted by Gasteiger charge is -2.14. The van der Waals surface area contributed by atoms with Gasteiger partial charge in [0.25, 0.3) is 5.91 Å². The van der Waals surface area contributed by atoms with Crippen molar-refractivity contribution < 1.29 is 27.5 Å². The summed E-state index contributed by atoms with van der Waals surface area (Å²) in [4.78, 5) is 11.5. The number of aliphatic hydroxyl groups excluding tert-OH is 1. The van der Waals surface area contributed by atoms with Gasteiger partial charge in [0.1, 0.15) is 0 Å². The van der Waals surface area contributed by atoms with Crippen LogP contribution in [-0.4, -0.2) is 23.7 Å². The van der Waals surface area contributed by atoms with E-state index in [1.807, 2.05) is 0 Å². The maximum Gasteiger partial charge on any atom is 0.254 e. The summed E-state index contributed by atoms with van der Waals surface area (Å²) in [6, 6.07) is 0.294. The second kappa shape index (κ2) is 6.69. The monoisotopic (exact) mass is 293 g/mol. The Morgan fingerprint density at radius 3 is 2.35 bits per heavy atom. The molecule has 20 heavy (non-hydrogen) atoms. The molecule has 0 saturated carbocycles. The number of hydrogen-bond donors (Lipinski definition) is 2. The largest absolute Gasteiger partial charge is 0.393 e. The molecule has 0 aliphatic carbocycles. The molecule has 0 fully saturated rings. The van der Waals surface area contributed by atoms with Crippen molar-refractivity contribution in [2.75, 3.05) is 6.54 Å². The van der Waals surface area contributed by atoms with Gasteiger partial charge in [0.15, 0.2) is 23.3 Å².